The van der Waals surface area contributed by atoms with Crippen molar-refractivity contribution in [2.75, 3.05) is 52.9 Å². The molecule has 2 aromatic rings. The van der Waals surface area contributed by atoms with Crippen molar-refractivity contribution < 1.29 is 38.0 Å². The van der Waals surface area contributed by atoms with Crippen molar-refractivity contribution in [1.29, 1.82) is 0 Å². The minimum Gasteiger partial charge on any atom is -0.453 e. The van der Waals surface area contributed by atoms with Crippen LogP contribution in [0.25, 0.3) is 0 Å². The lowest BCUT2D eigenvalue weighted by Crippen LogP contribution is -2.25. The van der Waals surface area contributed by atoms with Crippen LogP contribution in [0, 0.1) is 0 Å². The Bertz CT molecular complexity index is 744. The fraction of sp³-hybridized carbons (Fsp3) is 0.417. The number of ether oxygens (including phenoxy) is 6. The van der Waals surface area contributed by atoms with Gasteiger partial charge in [-0.05, 0) is 11.1 Å². The van der Waals surface area contributed by atoms with Gasteiger partial charge in [0.05, 0.1) is 39.6 Å². The number of cyclic esters (lactones) is 2. The van der Waals surface area contributed by atoms with E-state index in [-0.39, 0.29) is 26.4 Å². The fourth-order valence-electron chi connectivity index (χ4n) is 3.05. The lowest BCUT2D eigenvalue weighted by atomic mass is 10.1. The first-order valence-electron chi connectivity index (χ1n) is 10.5. The molecule has 1 saturated heterocycles. The van der Waals surface area contributed by atoms with Crippen LogP contribution in [0.3, 0.4) is 0 Å². The molecule has 8 heteroatoms. The van der Waals surface area contributed by atoms with E-state index in [1.165, 1.54) is 0 Å². The van der Waals surface area contributed by atoms with E-state index in [1.54, 1.807) is 0 Å². The SMILES string of the molecule is O=C1COCC(=O)O[C@@H](c2ccccc2)COCCOCCOC[C@@H](c2ccccc2)O1. The van der Waals surface area contributed by atoms with Gasteiger partial charge in [-0.25, -0.2) is 9.59 Å². The Morgan fingerprint density at radius 1 is 0.531 bits per heavy atom. The molecule has 0 bridgehead atoms. The zero-order valence-electron chi connectivity index (χ0n) is 17.9. The first kappa shape index (κ1) is 23.9. The quantitative estimate of drug-likeness (QED) is 0.653. The van der Waals surface area contributed by atoms with Gasteiger partial charge in [0, 0.05) is 0 Å². The predicted molar refractivity (Wildman–Crippen MR) is 114 cm³/mol. The Morgan fingerprint density at radius 3 is 1.38 bits per heavy atom. The Kier molecular flexibility index (Phi) is 10.1. The normalized spacial score (nSPS) is 22.8. The highest BCUT2D eigenvalue weighted by Crippen LogP contribution is 2.19. The maximum Gasteiger partial charge on any atom is 0.332 e. The van der Waals surface area contributed by atoms with Crippen molar-refractivity contribution in [3.63, 3.8) is 0 Å². The van der Waals surface area contributed by atoms with Crippen molar-refractivity contribution >= 4 is 11.9 Å². The van der Waals surface area contributed by atoms with Crippen LogP contribution in [-0.4, -0.2) is 64.8 Å². The van der Waals surface area contributed by atoms with Gasteiger partial charge in [0.25, 0.3) is 0 Å². The molecular weight excluding hydrogens is 416 g/mol. The van der Waals surface area contributed by atoms with Crippen LogP contribution in [0.5, 0.6) is 0 Å². The summed E-state index contributed by atoms with van der Waals surface area (Å²) in [6.45, 7) is 1.04. The van der Waals surface area contributed by atoms with Crippen molar-refractivity contribution in [3.8, 4) is 0 Å². The predicted octanol–water partition coefficient (Wildman–Crippen LogP) is 2.64. The van der Waals surface area contributed by atoms with Crippen LogP contribution >= 0.6 is 0 Å². The van der Waals surface area contributed by atoms with Gasteiger partial charge in [0.1, 0.15) is 13.2 Å². The second-order valence-electron chi connectivity index (χ2n) is 7.03. The lowest BCUT2D eigenvalue weighted by molar-refractivity contribution is -0.165. The molecule has 3 rings (SSSR count). The zero-order valence-corrected chi connectivity index (χ0v) is 17.9. The smallest absolute Gasteiger partial charge is 0.332 e. The highest BCUT2D eigenvalue weighted by molar-refractivity contribution is 5.73. The maximum absolute atomic E-state index is 12.3. The third-order valence-electron chi connectivity index (χ3n) is 4.61. The van der Waals surface area contributed by atoms with E-state index in [4.69, 9.17) is 28.4 Å². The third kappa shape index (κ3) is 8.39. The van der Waals surface area contributed by atoms with Gasteiger partial charge in [-0.15, -0.1) is 0 Å². The first-order chi connectivity index (χ1) is 15.7. The summed E-state index contributed by atoms with van der Waals surface area (Å²) in [5, 5.41) is 0. The Balaban J connectivity index is 1.60. The molecule has 0 unspecified atom stereocenters. The lowest BCUT2D eigenvalue weighted by Gasteiger charge is -2.20. The van der Waals surface area contributed by atoms with E-state index >= 15 is 0 Å². The van der Waals surface area contributed by atoms with Gasteiger partial charge >= 0.3 is 11.9 Å². The maximum atomic E-state index is 12.3. The number of hydrogen-bond acceptors (Lipinski definition) is 8. The molecule has 1 aliphatic rings. The van der Waals surface area contributed by atoms with E-state index in [0.29, 0.717) is 26.4 Å². The molecule has 0 saturated carbocycles. The highest BCUT2D eigenvalue weighted by Gasteiger charge is 2.20. The summed E-state index contributed by atoms with van der Waals surface area (Å²) in [4.78, 5) is 24.5. The first-order valence-corrected chi connectivity index (χ1v) is 10.5. The summed E-state index contributed by atoms with van der Waals surface area (Å²) >= 11 is 0. The molecule has 0 radical (unpaired) electrons. The summed E-state index contributed by atoms with van der Waals surface area (Å²) in [5.74, 6) is -1.20. The molecule has 2 atom stereocenters. The van der Waals surface area contributed by atoms with E-state index < -0.39 is 24.1 Å². The number of benzene rings is 2. The van der Waals surface area contributed by atoms with Gasteiger partial charge in [0.2, 0.25) is 0 Å². The van der Waals surface area contributed by atoms with Gasteiger partial charge in [0.15, 0.2) is 12.2 Å². The van der Waals surface area contributed by atoms with Crippen LogP contribution in [-0.2, 0) is 38.0 Å². The second kappa shape index (κ2) is 13.6. The number of hydrogen-bond donors (Lipinski definition) is 0. The van der Waals surface area contributed by atoms with Crippen molar-refractivity contribution in [1.82, 2.24) is 0 Å². The number of rotatable bonds is 2. The molecule has 1 aliphatic heterocycles. The summed E-state index contributed by atoms with van der Waals surface area (Å²) in [7, 11) is 0. The van der Waals surface area contributed by atoms with Crippen molar-refractivity contribution in [2.45, 2.75) is 12.2 Å². The molecule has 0 amide bonds. The van der Waals surface area contributed by atoms with Crippen LogP contribution in [0.2, 0.25) is 0 Å². The molecule has 0 aliphatic carbocycles. The molecule has 1 fully saturated rings. The van der Waals surface area contributed by atoms with E-state index in [2.05, 4.69) is 0 Å². The van der Waals surface area contributed by atoms with Gasteiger partial charge in [-0.1, -0.05) is 60.7 Å². The van der Waals surface area contributed by atoms with Crippen LogP contribution in [0.1, 0.15) is 23.3 Å². The van der Waals surface area contributed by atoms with Gasteiger partial charge in [-0.2, -0.15) is 0 Å². The molecule has 172 valence electrons. The fourth-order valence-corrected chi connectivity index (χ4v) is 3.05. The number of carbonyl (C=O) groups excluding carboxylic acids is 2. The minimum absolute atomic E-state index is 0.177. The molecule has 0 spiro atoms. The third-order valence-corrected chi connectivity index (χ3v) is 4.61. The molecule has 32 heavy (non-hydrogen) atoms. The van der Waals surface area contributed by atoms with E-state index in [1.807, 2.05) is 60.7 Å². The van der Waals surface area contributed by atoms with Gasteiger partial charge in [-0.3, -0.25) is 0 Å². The van der Waals surface area contributed by atoms with Crippen molar-refractivity contribution in [3.05, 3.63) is 71.8 Å². The molecule has 8 nitrogen and oxygen atoms in total. The summed E-state index contributed by atoms with van der Waals surface area (Å²) < 4.78 is 33.0. The van der Waals surface area contributed by atoms with Crippen LogP contribution in [0.15, 0.2) is 60.7 Å². The minimum atomic E-state index is -0.601. The number of carbonyl (C=O) groups is 2. The summed E-state index contributed by atoms with van der Waals surface area (Å²) in [6.07, 6.45) is -1.19. The van der Waals surface area contributed by atoms with Crippen molar-refractivity contribution in [2.24, 2.45) is 0 Å². The Labute approximate surface area is 187 Å². The summed E-state index contributed by atoms with van der Waals surface area (Å²) in [5.41, 5.74) is 1.60. The molecule has 2 aromatic carbocycles. The summed E-state index contributed by atoms with van der Waals surface area (Å²) in [6, 6.07) is 18.6. The molecule has 0 aromatic heterocycles. The average molecular weight is 444 g/mol. The van der Waals surface area contributed by atoms with E-state index in [0.717, 1.165) is 11.1 Å². The molecular formula is C24H28O8. The molecule has 0 N–H and O–H groups in total. The average Bonchev–Trinajstić information content (AvgIpc) is 2.82. The number of esters is 2. The standard InChI is InChI=1S/C24H28O8/c25-23-17-30-18-24(26)32-22(20-9-5-2-6-10-20)16-29-14-12-27-11-13-28-15-21(31-23)19-7-3-1-4-8-19/h1-10,21-22H,11-18H2/t21-,22+. The highest BCUT2D eigenvalue weighted by atomic mass is 16.6. The zero-order chi connectivity index (χ0) is 22.4. The Morgan fingerprint density at radius 2 is 0.938 bits per heavy atom. The second-order valence-corrected chi connectivity index (χ2v) is 7.03. The monoisotopic (exact) mass is 444 g/mol. The topological polar surface area (TPSA) is 89.5 Å². The molecule has 1 heterocycles. The Hall–Kier alpha value is -2.78. The largest absolute Gasteiger partial charge is 0.453 e. The van der Waals surface area contributed by atoms with Crippen LogP contribution < -0.4 is 0 Å². The van der Waals surface area contributed by atoms with Gasteiger partial charge < -0.3 is 28.4 Å². The van der Waals surface area contributed by atoms with Crippen LogP contribution in [0.4, 0.5) is 0 Å². The van der Waals surface area contributed by atoms with E-state index in [9.17, 15) is 9.59 Å².